The van der Waals surface area contributed by atoms with Crippen LogP contribution >= 0.6 is 11.8 Å². The van der Waals surface area contributed by atoms with Gasteiger partial charge in [0, 0.05) is 41.7 Å². The van der Waals surface area contributed by atoms with E-state index < -0.39 is 0 Å². The summed E-state index contributed by atoms with van der Waals surface area (Å²) in [6.07, 6.45) is 3.16. The van der Waals surface area contributed by atoms with E-state index in [-0.39, 0.29) is 5.54 Å². The highest BCUT2D eigenvalue weighted by Crippen LogP contribution is 2.22. The number of thioether (sulfide) groups is 1. The summed E-state index contributed by atoms with van der Waals surface area (Å²) in [7, 11) is 0. The first-order valence-corrected chi connectivity index (χ1v) is 8.66. The van der Waals surface area contributed by atoms with Gasteiger partial charge in [-0.2, -0.15) is 11.8 Å². The first-order chi connectivity index (χ1) is 9.46. The summed E-state index contributed by atoms with van der Waals surface area (Å²) in [4.78, 5) is 2.52. The Morgan fingerprint density at radius 3 is 2.95 bits per heavy atom. The first kappa shape index (κ1) is 15.9. The van der Waals surface area contributed by atoms with Crippen molar-refractivity contribution < 1.29 is 4.42 Å². The van der Waals surface area contributed by atoms with Gasteiger partial charge < -0.3 is 9.73 Å². The van der Waals surface area contributed by atoms with Gasteiger partial charge in [0.25, 0.3) is 0 Å². The molecule has 1 aromatic rings. The predicted octanol–water partition coefficient (Wildman–Crippen LogP) is 3.50. The Kier molecular flexibility index (Phi) is 5.58. The molecule has 1 atom stereocenters. The van der Waals surface area contributed by atoms with Crippen molar-refractivity contribution in [3.63, 3.8) is 0 Å². The third-order valence-corrected chi connectivity index (χ3v) is 4.96. The highest BCUT2D eigenvalue weighted by Gasteiger charge is 2.20. The highest BCUT2D eigenvalue weighted by atomic mass is 32.2. The monoisotopic (exact) mass is 296 g/mol. The van der Waals surface area contributed by atoms with E-state index in [1.54, 1.807) is 0 Å². The lowest BCUT2D eigenvalue weighted by atomic mass is 10.1. The molecule has 1 N–H and O–H groups in total. The molecular weight excluding hydrogens is 268 g/mol. The molecule has 3 nitrogen and oxygen atoms in total. The van der Waals surface area contributed by atoms with E-state index in [1.807, 2.05) is 6.26 Å². The molecule has 0 aliphatic carbocycles. The van der Waals surface area contributed by atoms with Crippen molar-refractivity contribution in [1.29, 1.82) is 0 Å². The lowest BCUT2D eigenvalue weighted by Crippen LogP contribution is -2.36. The minimum Gasteiger partial charge on any atom is -0.468 e. The van der Waals surface area contributed by atoms with Crippen LogP contribution in [0.5, 0.6) is 0 Å². The highest BCUT2D eigenvalue weighted by molar-refractivity contribution is 8.00. The number of nitrogens with zero attached hydrogens (tertiary/aromatic N) is 1. The Hall–Kier alpha value is -0.450. The SMILES string of the molecule is CCC1CN(Cc2cc(CNC(C)(C)C)co2)CCS1. The van der Waals surface area contributed by atoms with Crippen LogP contribution in [0.2, 0.25) is 0 Å². The fourth-order valence-electron chi connectivity index (χ4n) is 2.36. The molecule has 1 aliphatic heterocycles. The maximum atomic E-state index is 5.71. The van der Waals surface area contributed by atoms with Gasteiger partial charge in [-0.25, -0.2) is 0 Å². The maximum absolute atomic E-state index is 5.71. The molecule has 1 aliphatic rings. The Bertz CT molecular complexity index is 411. The van der Waals surface area contributed by atoms with Gasteiger partial charge in [0.1, 0.15) is 5.76 Å². The molecule has 0 saturated carbocycles. The molecule has 114 valence electrons. The van der Waals surface area contributed by atoms with E-state index in [0.29, 0.717) is 0 Å². The van der Waals surface area contributed by atoms with Gasteiger partial charge in [-0.3, -0.25) is 4.90 Å². The summed E-state index contributed by atoms with van der Waals surface area (Å²) < 4.78 is 5.71. The van der Waals surface area contributed by atoms with Crippen LogP contribution in [0.4, 0.5) is 0 Å². The second-order valence-electron chi connectivity index (χ2n) is 6.66. The molecule has 20 heavy (non-hydrogen) atoms. The molecule has 4 heteroatoms. The third-order valence-electron chi connectivity index (χ3n) is 3.59. The van der Waals surface area contributed by atoms with Gasteiger partial charge in [-0.05, 0) is 33.3 Å². The fraction of sp³-hybridized carbons (Fsp3) is 0.750. The zero-order valence-electron chi connectivity index (χ0n) is 13.2. The summed E-state index contributed by atoms with van der Waals surface area (Å²) in [5, 5.41) is 4.29. The molecule has 1 fully saturated rings. The van der Waals surface area contributed by atoms with Gasteiger partial charge in [0.2, 0.25) is 0 Å². The number of rotatable bonds is 5. The van der Waals surface area contributed by atoms with Crippen LogP contribution < -0.4 is 5.32 Å². The molecule has 1 unspecified atom stereocenters. The van der Waals surface area contributed by atoms with E-state index in [2.05, 4.69) is 55.7 Å². The lowest BCUT2D eigenvalue weighted by molar-refractivity contribution is 0.250. The van der Waals surface area contributed by atoms with Crippen LogP contribution in [-0.4, -0.2) is 34.5 Å². The van der Waals surface area contributed by atoms with E-state index in [0.717, 1.165) is 24.1 Å². The van der Waals surface area contributed by atoms with E-state index in [9.17, 15) is 0 Å². The van der Waals surface area contributed by atoms with Crippen LogP contribution in [0, 0.1) is 0 Å². The summed E-state index contributed by atoms with van der Waals surface area (Å²) in [6.45, 7) is 13.0. The van der Waals surface area contributed by atoms with Crippen LogP contribution in [-0.2, 0) is 13.1 Å². The summed E-state index contributed by atoms with van der Waals surface area (Å²) in [5.74, 6) is 2.34. The Morgan fingerprint density at radius 1 is 1.45 bits per heavy atom. The predicted molar refractivity (Wildman–Crippen MR) is 87.1 cm³/mol. The van der Waals surface area contributed by atoms with Crippen LogP contribution in [0.3, 0.4) is 0 Å². The number of hydrogen-bond acceptors (Lipinski definition) is 4. The van der Waals surface area contributed by atoms with Crippen molar-refractivity contribution in [1.82, 2.24) is 10.2 Å². The van der Waals surface area contributed by atoms with Gasteiger partial charge in [0.05, 0.1) is 12.8 Å². The lowest BCUT2D eigenvalue weighted by Gasteiger charge is -2.31. The quantitative estimate of drug-likeness (QED) is 0.900. The van der Waals surface area contributed by atoms with Crippen molar-refractivity contribution in [2.45, 2.75) is 58.0 Å². The fourth-order valence-corrected chi connectivity index (χ4v) is 3.61. The molecule has 1 aromatic heterocycles. The van der Waals surface area contributed by atoms with Gasteiger partial charge >= 0.3 is 0 Å². The van der Waals surface area contributed by atoms with E-state index >= 15 is 0 Å². The zero-order valence-corrected chi connectivity index (χ0v) is 14.1. The molecule has 1 saturated heterocycles. The molecule has 2 heterocycles. The van der Waals surface area contributed by atoms with E-state index in [1.165, 1.54) is 30.8 Å². The largest absolute Gasteiger partial charge is 0.468 e. The first-order valence-electron chi connectivity index (χ1n) is 7.61. The summed E-state index contributed by atoms with van der Waals surface area (Å²) >= 11 is 2.11. The number of nitrogens with one attached hydrogen (secondary N) is 1. The van der Waals surface area contributed by atoms with Crippen molar-refractivity contribution in [3.05, 3.63) is 23.7 Å². The normalized spacial score (nSPS) is 21.3. The Balaban J connectivity index is 1.83. The molecule has 0 radical (unpaired) electrons. The molecule has 2 rings (SSSR count). The number of furan rings is 1. The van der Waals surface area contributed by atoms with E-state index in [4.69, 9.17) is 4.42 Å². The van der Waals surface area contributed by atoms with Gasteiger partial charge in [-0.1, -0.05) is 6.92 Å². The maximum Gasteiger partial charge on any atom is 0.118 e. The minimum absolute atomic E-state index is 0.149. The van der Waals surface area contributed by atoms with Crippen molar-refractivity contribution in [2.75, 3.05) is 18.8 Å². The van der Waals surface area contributed by atoms with Crippen molar-refractivity contribution in [2.24, 2.45) is 0 Å². The second-order valence-corrected chi connectivity index (χ2v) is 8.07. The molecular formula is C16H28N2OS. The average molecular weight is 296 g/mol. The van der Waals surface area contributed by atoms with Crippen molar-refractivity contribution >= 4 is 11.8 Å². The smallest absolute Gasteiger partial charge is 0.118 e. The van der Waals surface area contributed by atoms with Crippen LogP contribution in [0.1, 0.15) is 45.4 Å². The van der Waals surface area contributed by atoms with Crippen LogP contribution in [0.15, 0.2) is 16.7 Å². The van der Waals surface area contributed by atoms with Gasteiger partial charge in [0.15, 0.2) is 0 Å². The molecule has 0 amide bonds. The summed E-state index contributed by atoms with van der Waals surface area (Å²) in [5.41, 5.74) is 1.39. The van der Waals surface area contributed by atoms with Crippen LogP contribution in [0.25, 0.3) is 0 Å². The minimum atomic E-state index is 0.149. The molecule has 0 aromatic carbocycles. The second kappa shape index (κ2) is 7.01. The zero-order chi connectivity index (χ0) is 14.6. The molecule has 0 spiro atoms. The topological polar surface area (TPSA) is 28.4 Å². The third kappa shape index (κ3) is 5.15. The summed E-state index contributed by atoms with van der Waals surface area (Å²) in [6, 6.07) is 2.20. The van der Waals surface area contributed by atoms with Crippen molar-refractivity contribution in [3.8, 4) is 0 Å². The standard InChI is InChI=1S/C16H28N2OS/c1-5-15-11-18(6-7-20-15)10-14-8-13(12-19-14)9-17-16(2,3)4/h8,12,15,17H,5-7,9-11H2,1-4H3. The Labute approximate surface area is 127 Å². The Morgan fingerprint density at radius 2 is 2.25 bits per heavy atom. The average Bonchev–Trinajstić information content (AvgIpc) is 2.83. The van der Waals surface area contributed by atoms with Gasteiger partial charge in [-0.15, -0.1) is 0 Å². The molecule has 0 bridgehead atoms. The number of hydrogen-bond donors (Lipinski definition) is 1.